The van der Waals surface area contributed by atoms with Gasteiger partial charge in [0.25, 0.3) is 0 Å². The van der Waals surface area contributed by atoms with Gasteiger partial charge in [-0.15, -0.1) is 0 Å². The minimum absolute atomic E-state index is 1.04. The zero-order valence-corrected chi connectivity index (χ0v) is 9.95. The van der Waals surface area contributed by atoms with Crippen molar-refractivity contribution in [3.05, 3.63) is 78.0 Å². The topological polar surface area (TPSA) is 12.9 Å². The van der Waals surface area contributed by atoms with Crippen molar-refractivity contribution in [2.75, 3.05) is 0 Å². The van der Waals surface area contributed by atoms with Crippen LogP contribution in [0, 0.1) is 0 Å². The van der Waals surface area contributed by atoms with Crippen LogP contribution in [0.1, 0.15) is 11.1 Å². The summed E-state index contributed by atoms with van der Waals surface area (Å²) in [5.41, 5.74) is 3.44. The van der Waals surface area contributed by atoms with Crippen LogP contribution in [0.5, 0.6) is 0 Å². The molecule has 1 heterocycles. The van der Waals surface area contributed by atoms with E-state index in [1.54, 1.807) is 0 Å². The molecule has 1 aromatic heterocycles. The molecule has 86 valence electrons. The van der Waals surface area contributed by atoms with E-state index < -0.39 is 0 Å². The molecule has 0 aliphatic rings. The monoisotopic (exact) mass is 231 g/mol. The van der Waals surface area contributed by atoms with Crippen LogP contribution < -0.4 is 0 Å². The molecule has 0 fully saturated rings. The highest BCUT2D eigenvalue weighted by molar-refractivity contribution is 5.82. The van der Waals surface area contributed by atoms with Gasteiger partial charge in [-0.3, -0.25) is 4.98 Å². The van der Waals surface area contributed by atoms with Gasteiger partial charge in [-0.05, 0) is 29.3 Å². The van der Waals surface area contributed by atoms with Gasteiger partial charge in [0.2, 0.25) is 0 Å². The van der Waals surface area contributed by atoms with Gasteiger partial charge < -0.3 is 0 Å². The zero-order chi connectivity index (χ0) is 12.2. The number of fused-ring (bicyclic) bond motifs is 1. The second-order valence-electron chi connectivity index (χ2n) is 4.20. The molecule has 0 N–H and O–H groups in total. The van der Waals surface area contributed by atoms with E-state index in [4.69, 9.17) is 0 Å². The molecule has 0 aliphatic carbocycles. The first-order valence-corrected chi connectivity index (χ1v) is 6.00. The van der Waals surface area contributed by atoms with E-state index in [1.807, 2.05) is 30.5 Å². The highest BCUT2D eigenvalue weighted by Crippen LogP contribution is 2.15. The average Bonchev–Trinajstić information content (AvgIpc) is 2.46. The molecule has 0 amide bonds. The van der Waals surface area contributed by atoms with Crippen LogP contribution >= 0.6 is 0 Å². The largest absolute Gasteiger partial charge is 0.256 e. The summed E-state index contributed by atoms with van der Waals surface area (Å²) < 4.78 is 0. The summed E-state index contributed by atoms with van der Waals surface area (Å²) in [7, 11) is 0. The van der Waals surface area contributed by atoms with Crippen molar-refractivity contribution in [3.8, 4) is 0 Å². The Morgan fingerprint density at radius 2 is 1.56 bits per heavy atom. The summed E-state index contributed by atoms with van der Waals surface area (Å²) >= 11 is 0. The summed E-state index contributed by atoms with van der Waals surface area (Å²) in [4.78, 5) is 4.32. The smallest absolute Gasteiger partial charge is 0.0702 e. The third kappa shape index (κ3) is 2.30. The van der Waals surface area contributed by atoms with Crippen molar-refractivity contribution in [3.63, 3.8) is 0 Å². The standard InChI is InChI=1S/C17H13N/c1-2-5-14(6-3-1)8-9-15-10-11-17-16(13-15)7-4-12-18-17/h1-13H/b9-8-. The van der Waals surface area contributed by atoms with Gasteiger partial charge in [0, 0.05) is 11.6 Å². The Morgan fingerprint density at radius 1 is 0.722 bits per heavy atom. The van der Waals surface area contributed by atoms with E-state index >= 15 is 0 Å². The molecule has 3 rings (SSSR count). The Morgan fingerprint density at radius 3 is 2.44 bits per heavy atom. The molecule has 0 spiro atoms. The SMILES string of the molecule is C(=C/c1ccc2ncccc2c1)/c1ccccc1. The number of nitrogens with zero attached hydrogens (tertiary/aromatic N) is 1. The molecule has 0 bridgehead atoms. The second-order valence-corrected chi connectivity index (χ2v) is 4.20. The van der Waals surface area contributed by atoms with E-state index in [0.717, 1.165) is 5.52 Å². The Hall–Kier alpha value is -2.41. The molecule has 0 saturated carbocycles. The lowest BCUT2D eigenvalue weighted by Gasteiger charge is -1.98. The van der Waals surface area contributed by atoms with E-state index in [2.05, 4.69) is 53.5 Å². The minimum Gasteiger partial charge on any atom is -0.256 e. The van der Waals surface area contributed by atoms with Crippen molar-refractivity contribution in [2.45, 2.75) is 0 Å². The first-order chi connectivity index (χ1) is 8.92. The van der Waals surface area contributed by atoms with Crippen LogP contribution in [0.25, 0.3) is 23.1 Å². The first kappa shape index (κ1) is 10.7. The maximum atomic E-state index is 4.32. The van der Waals surface area contributed by atoms with Crippen molar-refractivity contribution in [1.29, 1.82) is 0 Å². The molecule has 2 aromatic carbocycles. The molecule has 1 heteroatoms. The maximum absolute atomic E-state index is 4.32. The molecule has 0 radical (unpaired) electrons. The van der Waals surface area contributed by atoms with Gasteiger partial charge in [-0.25, -0.2) is 0 Å². The van der Waals surface area contributed by atoms with Crippen LogP contribution in [-0.4, -0.2) is 4.98 Å². The van der Waals surface area contributed by atoms with Gasteiger partial charge >= 0.3 is 0 Å². The predicted octanol–water partition coefficient (Wildman–Crippen LogP) is 4.41. The lowest BCUT2D eigenvalue weighted by molar-refractivity contribution is 1.41. The summed E-state index contributed by atoms with van der Waals surface area (Å²) in [6.07, 6.45) is 6.07. The van der Waals surface area contributed by atoms with Crippen molar-refractivity contribution in [2.24, 2.45) is 0 Å². The summed E-state index contributed by atoms with van der Waals surface area (Å²) in [5.74, 6) is 0. The number of hydrogen-bond acceptors (Lipinski definition) is 1. The Balaban J connectivity index is 1.93. The van der Waals surface area contributed by atoms with Gasteiger partial charge in [-0.1, -0.05) is 54.6 Å². The number of aromatic nitrogens is 1. The third-order valence-electron chi connectivity index (χ3n) is 2.89. The predicted molar refractivity (Wildman–Crippen MR) is 77.1 cm³/mol. The molecule has 0 atom stereocenters. The Kier molecular flexibility index (Phi) is 2.89. The average molecular weight is 231 g/mol. The van der Waals surface area contributed by atoms with Crippen LogP contribution in [0.4, 0.5) is 0 Å². The van der Waals surface area contributed by atoms with E-state index in [1.165, 1.54) is 16.5 Å². The van der Waals surface area contributed by atoms with Gasteiger partial charge in [0.05, 0.1) is 5.52 Å². The number of rotatable bonds is 2. The van der Waals surface area contributed by atoms with E-state index in [0.29, 0.717) is 0 Å². The van der Waals surface area contributed by atoms with Crippen LogP contribution in [-0.2, 0) is 0 Å². The van der Waals surface area contributed by atoms with Crippen molar-refractivity contribution < 1.29 is 0 Å². The molecule has 0 saturated heterocycles. The number of benzene rings is 2. The highest BCUT2D eigenvalue weighted by atomic mass is 14.6. The number of hydrogen-bond donors (Lipinski definition) is 0. The summed E-state index contributed by atoms with van der Waals surface area (Å²) in [6.45, 7) is 0. The maximum Gasteiger partial charge on any atom is 0.0702 e. The highest BCUT2D eigenvalue weighted by Gasteiger charge is 1.93. The molecule has 18 heavy (non-hydrogen) atoms. The van der Waals surface area contributed by atoms with E-state index in [9.17, 15) is 0 Å². The zero-order valence-electron chi connectivity index (χ0n) is 9.95. The fourth-order valence-corrected chi connectivity index (χ4v) is 1.95. The fraction of sp³-hybridized carbons (Fsp3) is 0. The van der Waals surface area contributed by atoms with Gasteiger partial charge in [0.15, 0.2) is 0 Å². The summed E-state index contributed by atoms with van der Waals surface area (Å²) in [5, 5.41) is 1.17. The first-order valence-electron chi connectivity index (χ1n) is 6.00. The Bertz CT molecular complexity index is 684. The summed E-state index contributed by atoms with van der Waals surface area (Å²) in [6, 6.07) is 20.7. The quantitative estimate of drug-likeness (QED) is 0.595. The van der Waals surface area contributed by atoms with E-state index in [-0.39, 0.29) is 0 Å². The molecule has 3 aromatic rings. The van der Waals surface area contributed by atoms with Crippen LogP contribution in [0.2, 0.25) is 0 Å². The molecule has 1 nitrogen and oxygen atoms in total. The molecular formula is C17H13N. The minimum atomic E-state index is 1.04. The second kappa shape index (κ2) is 4.84. The molecule has 0 aliphatic heterocycles. The normalized spacial score (nSPS) is 11.1. The van der Waals surface area contributed by atoms with Crippen LogP contribution in [0.15, 0.2) is 66.9 Å². The fourth-order valence-electron chi connectivity index (χ4n) is 1.95. The van der Waals surface area contributed by atoms with Crippen LogP contribution in [0.3, 0.4) is 0 Å². The van der Waals surface area contributed by atoms with Crippen molar-refractivity contribution in [1.82, 2.24) is 4.98 Å². The molecular weight excluding hydrogens is 218 g/mol. The third-order valence-corrected chi connectivity index (χ3v) is 2.89. The Labute approximate surface area is 106 Å². The molecule has 0 unspecified atom stereocenters. The van der Waals surface area contributed by atoms with Crippen molar-refractivity contribution >= 4 is 23.1 Å². The van der Waals surface area contributed by atoms with Gasteiger partial charge in [0.1, 0.15) is 0 Å². The lowest BCUT2D eigenvalue weighted by atomic mass is 10.1. The van der Waals surface area contributed by atoms with Gasteiger partial charge in [-0.2, -0.15) is 0 Å². The lowest BCUT2D eigenvalue weighted by Crippen LogP contribution is -1.78. The number of pyridine rings is 1.